The number of anilines is 1. The molecule has 1 aliphatic rings. The van der Waals surface area contributed by atoms with Crippen LogP contribution < -0.4 is 15.1 Å². The maximum absolute atomic E-state index is 13.5. The number of benzene rings is 3. The number of fused-ring (bicyclic) bond motifs is 1. The van der Waals surface area contributed by atoms with Gasteiger partial charge in [0.1, 0.15) is 5.75 Å². The molecular weight excluding hydrogens is 537 g/mol. The molecule has 3 aromatic carbocycles. The van der Waals surface area contributed by atoms with Crippen molar-refractivity contribution in [2.24, 2.45) is 0 Å². The number of imidazole rings is 1. The van der Waals surface area contributed by atoms with Gasteiger partial charge in [-0.2, -0.15) is 13.2 Å². The fourth-order valence-corrected chi connectivity index (χ4v) is 5.14. The monoisotopic (exact) mass is 564 g/mol. The molecule has 1 aromatic heterocycles. The van der Waals surface area contributed by atoms with Crippen LogP contribution in [-0.4, -0.2) is 41.4 Å². The van der Waals surface area contributed by atoms with Crippen LogP contribution in [0.5, 0.6) is 5.75 Å². The van der Waals surface area contributed by atoms with E-state index in [0.717, 1.165) is 22.4 Å². The Morgan fingerprint density at radius 1 is 1.02 bits per heavy atom. The number of hydroxylamine groups is 1. The van der Waals surface area contributed by atoms with E-state index in [2.05, 4.69) is 15.1 Å². The van der Waals surface area contributed by atoms with Crippen molar-refractivity contribution in [3.8, 4) is 11.4 Å². The molecule has 2 amide bonds. The lowest BCUT2D eigenvalue weighted by molar-refractivity contribution is -0.199. The summed E-state index contributed by atoms with van der Waals surface area (Å²) in [5.74, 6) is -2.32. The van der Waals surface area contributed by atoms with Crippen LogP contribution in [0.1, 0.15) is 22.4 Å². The van der Waals surface area contributed by atoms with Gasteiger partial charge in [-0.3, -0.25) is 0 Å². The number of ether oxygens (including phenoxy) is 1. The molecule has 5 rings (SSSR count). The molecule has 0 saturated heterocycles. The van der Waals surface area contributed by atoms with Gasteiger partial charge < -0.3 is 19.5 Å². The molecule has 4 aromatic rings. The molecule has 0 aliphatic heterocycles. The highest BCUT2D eigenvalue weighted by molar-refractivity contribution is 5.93. The summed E-state index contributed by atoms with van der Waals surface area (Å²) in [6.45, 7) is 1.87. The second-order valence-electron chi connectivity index (χ2n) is 9.88. The molecule has 11 heteroatoms. The molecule has 0 atom stereocenters. The molecular formula is C30H27F3N4O4. The van der Waals surface area contributed by atoms with Crippen molar-refractivity contribution in [2.45, 2.75) is 31.4 Å². The van der Waals surface area contributed by atoms with Crippen molar-refractivity contribution in [3.05, 3.63) is 108 Å². The van der Waals surface area contributed by atoms with Gasteiger partial charge in [-0.1, -0.05) is 54.6 Å². The van der Waals surface area contributed by atoms with Crippen molar-refractivity contribution in [2.75, 3.05) is 18.7 Å². The Balaban J connectivity index is 1.46. The first-order valence-electron chi connectivity index (χ1n) is 12.8. The number of carbonyl (C=O) groups is 2. The van der Waals surface area contributed by atoms with E-state index in [-0.39, 0.29) is 18.0 Å². The van der Waals surface area contributed by atoms with E-state index < -0.39 is 23.6 Å². The number of amides is 2. The van der Waals surface area contributed by atoms with Gasteiger partial charge in [0.05, 0.1) is 30.5 Å². The first kappa shape index (κ1) is 27.8. The molecule has 0 bridgehead atoms. The van der Waals surface area contributed by atoms with E-state index in [1.54, 1.807) is 24.0 Å². The third-order valence-electron chi connectivity index (χ3n) is 7.12. The highest BCUT2D eigenvalue weighted by Gasteiger charge is 2.44. The largest absolute Gasteiger partial charge is 0.494 e. The Labute approximate surface area is 234 Å². The Bertz CT molecular complexity index is 1540. The minimum absolute atomic E-state index is 0.0775. The zero-order chi connectivity index (χ0) is 29.2. The van der Waals surface area contributed by atoms with E-state index in [4.69, 9.17) is 4.74 Å². The third-order valence-corrected chi connectivity index (χ3v) is 7.12. The Kier molecular flexibility index (Phi) is 7.44. The average Bonchev–Trinajstić information content (AvgIpc) is 3.58. The standard InChI is InChI=1S/C30H27F3N4O4/c1-20-17-36(19-35-20)25-13-12-24(14-26(25)40-2)37(41-27(38)30(31,32)33)28(39)34-18-29(23-10-4-3-5-11-23)15-21-8-6-7-9-22(21)16-29/h3-14,17,19H,15-16,18H2,1-2H3,(H,34,39). The number of aryl methyl sites for hydroxylation is 1. The molecule has 0 fully saturated rings. The van der Waals surface area contributed by atoms with E-state index in [0.29, 0.717) is 23.6 Å². The fourth-order valence-electron chi connectivity index (χ4n) is 5.14. The van der Waals surface area contributed by atoms with Crippen LogP contribution in [0, 0.1) is 6.92 Å². The smallest absolute Gasteiger partial charge is 0.493 e. The number of methoxy groups -OCH3 is 1. The molecule has 212 valence electrons. The van der Waals surface area contributed by atoms with Crippen LogP contribution in [0.4, 0.5) is 23.7 Å². The number of alkyl halides is 3. The number of hydrogen-bond donors (Lipinski definition) is 1. The SMILES string of the molecule is COc1cc(N(OC(=O)C(F)(F)F)C(=O)NCC2(c3ccccc3)Cc3ccccc3C2)ccc1-n1cnc(C)c1. The summed E-state index contributed by atoms with van der Waals surface area (Å²) >= 11 is 0. The van der Waals surface area contributed by atoms with Crippen LogP contribution in [-0.2, 0) is 27.9 Å². The summed E-state index contributed by atoms with van der Waals surface area (Å²) in [5.41, 5.74) is 3.78. The molecule has 0 radical (unpaired) electrons. The summed E-state index contributed by atoms with van der Waals surface area (Å²) < 4.78 is 46.7. The van der Waals surface area contributed by atoms with Gasteiger partial charge in [-0.15, -0.1) is 5.06 Å². The molecule has 0 unspecified atom stereocenters. The van der Waals surface area contributed by atoms with Crippen molar-refractivity contribution >= 4 is 17.7 Å². The van der Waals surface area contributed by atoms with Gasteiger partial charge in [-0.05, 0) is 48.6 Å². The molecule has 1 aliphatic carbocycles. The minimum atomic E-state index is -5.32. The molecule has 0 spiro atoms. The Hall–Kier alpha value is -4.80. The zero-order valence-corrected chi connectivity index (χ0v) is 22.3. The number of aromatic nitrogens is 2. The van der Waals surface area contributed by atoms with Crippen LogP contribution in [0.2, 0.25) is 0 Å². The highest BCUT2D eigenvalue weighted by Crippen LogP contribution is 2.39. The summed E-state index contributed by atoms with van der Waals surface area (Å²) in [6, 6.07) is 20.7. The van der Waals surface area contributed by atoms with Crippen LogP contribution in [0.25, 0.3) is 5.69 Å². The van der Waals surface area contributed by atoms with Gasteiger partial charge in [0.2, 0.25) is 0 Å². The number of carbonyl (C=O) groups excluding carboxylic acids is 2. The van der Waals surface area contributed by atoms with Gasteiger partial charge in [-0.25, -0.2) is 14.6 Å². The number of nitrogens with one attached hydrogen (secondary N) is 1. The zero-order valence-electron chi connectivity index (χ0n) is 22.3. The molecule has 1 heterocycles. The predicted molar refractivity (Wildman–Crippen MR) is 145 cm³/mol. The molecule has 41 heavy (non-hydrogen) atoms. The highest BCUT2D eigenvalue weighted by atomic mass is 19.4. The van der Waals surface area contributed by atoms with E-state index in [1.807, 2.05) is 54.6 Å². The first-order valence-corrected chi connectivity index (χ1v) is 12.8. The normalized spacial score (nSPS) is 13.8. The lowest BCUT2D eigenvalue weighted by Gasteiger charge is -2.31. The van der Waals surface area contributed by atoms with Crippen LogP contribution >= 0.6 is 0 Å². The maximum atomic E-state index is 13.5. The maximum Gasteiger partial charge on any atom is 0.493 e. The number of urea groups is 1. The quantitative estimate of drug-likeness (QED) is 0.314. The van der Waals surface area contributed by atoms with Crippen LogP contribution in [0.15, 0.2) is 85.3 Å². The topological polar surface area (TPSA) is 85.7 Å². The summed E-state index contributed by atoms with van der Waals surface area (Å²) in [5, 5.41) is 3.04. The number of rotatable bonds is 6. The van der Waals surface area contributed by atoms with Crippen molar-refractivity contribution < 1.29 is 32.3 Å². The number of nitrogens with zero attached hydrogens (tertiary/aromatic N) is 3. The van der Waals surface area contributed by atoms with Gasteiger partial charge in [0.15, 0.2) is 0 Å². The molecule has 8 nitrogen and oxygen atoms in total. The van der Waals surface area contributed by atoms with E-state index >= 15 is 0 Å². The van der Waals surface area contributed by atoms with Gasteiger partial charge >= 0.3 is 18.2 Å². The van der Waals surface area contributed by atoms with E-state index in [1.165, 1.54) is 25.3 Å². The fraction of sp³-hybridized carbons (Fsp3) is 0.233. The second-order valence-corrected chi connectivity index (χ2v) is 9.88. The lowest BCUT2D eigenvalue weighted by Crippen LogP contribution is -2.49. The summed E-state index contributed by atoms with van der Waals surface area (Å²) in [6.07, 6.45) is -0.821. The Morgan fingerprint density at radius 3 is 2.27 bits per heavy atom. The second kappa shape index (κ2) is 11.0. The molecule has 0 saturated carbocycles. The van der Waals surface area contributed by atoms with Crippen LogP contribution in [0.3, 0.4) is 0 Å². The van der Waals surface area contributed by atoms with Gasteiger partial charge in [0, 0.05) is 24.2 Å². The van der Waals surface area contributed by atoms with Gasteiger partial charge in [0.25, 0.3) is 0 Å². The van der Waals surface area contributed by atoms with Crippen molar-refractivity contribution in [3.63, 3.8) is 0 Å². The van der Waals surface area contributed by atoms with E-state index in [9.17, 15) is 22.8 Å². The van der Waals surface area contributed by atoms with Crippen molar-refractivity contribution in [1.29, 1.82) is 0 Å². The number of halogens is 3. The minimum Gasteiger partial charge on any atom is -0.494 e. The van der Waals surface area contributed by atoms with Crippen molar-refractivity contribution in [1.82, 2.24) is 14.9 Å². The third kappa shape index (κ3) is 5.74. The summed E-state index contributed by atoms with van der Waals surface area (Å²) in [7, 11) is 1.37. The Morgan fingerprint density at radius 2 is 1.68 bits per heavy atom. The summed E-state index contributed by atoms with van der Waals surface area (Å²) in [4.78, 5) is 34.1. The first-order chi connectivity index (χ1) is 19.6. The number of hydrogen-bond acceptors (Lipinski definition) is 5. The lowest BCUT2D eigenvalue weighted by atomic mass is 9.77. The molecule has 1 N–H and O–H groups in total. The predicted octanol–water partition coefficient (Wildman–Crippen LogP) is 5.46. The average molecular weight is 565 g/mol.